The minimum absolute atomic E-state index is 0.00773. The van der Waals surface area contributed by atoms with Crippen LogP contribution in [0.15, 0.2) is 18.2 Å². The molecule has 1 saturated heterocycles. The van der Waals surface area contributed by atoms with Crippen LogP contribution in [0.2, 0.25) is 5.02 Å². The summed E-state index contributed by atoms with van der Waals surface area (Å²) >= 11 is 5.92. The van der Waals surface area contributed by atoms with Crippen LogP contribution >= 0.6 is 11.6 Å². The van der Waals surface area contributed by atoms with Gasteiger partial charge in [-0.15, -0.1) is 0 Å². The molecule has 1 N–H and O–H groups in total. The Morgan fingerprint density at radius 2 is 2.42 bits per heavy atom. The molecule has 1 aromatic carbocycles. The van der Waals surface area contributed by atoms with Crippen molar-refractivity contribution in [1.82, 2.24) is 5.32 Å². The van der Waals surface area contributed by atoms with Gasteiger partial charge >= 0.3 is 0 Å². The maximum atomic E-state index is 11.6. The smallest absolute Gasteiger partial charge is 0.258 e. The van der Waals surface area contributed by atoms with E-state index in [2.05, 4.69) is 5.32 Å². The number of aryl methyl sites for hydroxylation is 1. The maximum Gasteiger partial charge on any atom is 0.258 e. The number of ether oxygens (including phenoxy) is 2. The van der Waals surface area contributed by atoms with Crippen molar-refractivity contribution in [3.05, 3.63) is 28.8 Å². The molecule has 0 unspecified atom stereocenters. The Hall–Kier alpha value is -1.26. The second-order valence-electron chi connectivity index (χ2n) is 4.64. The molecule has 0 bridgehead atoms. The van der Waals surface area contributed by atoms with E-state index in [1.54, 1.807) is 12.1 Å². The van der Waals surface area contributed by atoms with Crippen LogP contribution in [-0.4, -0.2) is 31.8 Å². The highest BCUT2D eigenvalue weighted by atomic mass is 35.5. The van der Waals surface area contributed by atoms with E-state index in [4.69, 9.17) is 21.1 Å². The fourth-order valence-electron chi connectivity index (χ4n) is 1.94. The van der Waals surface area contributed by atoms with Gasteiger partial charge in [-0.25, -0.2) is 0 Å². The summed E-state index contributed by atoms with van der Waals surface area (Å²) in [6, 6.07) is 5.33. The number of rotatable bonds is 5. The van der Waals surface area contributed by atoms with Crippen molar-refractivity contribution in [2.24, 2.45) is 0 Å². The minimum Gasteiger partial charge on any atom is -0.484 e. The number of carbonyl (C=O) groups excluding carboxylic acids is 1. The minimum atomic E-state index is -0.136. The molecule has 1 atom stereocenters. The molecule has 1 aliphatic rings. The third-order valence-corrected chi connectivity index (χ3v) is 3.47. The summed E-state index contributed by atoms with van der Waals surface area (Å²) in [4.78, 5) is 11.6. The second kappa shape index (κ2) is 6.78. The van der Waals surface area contributed by atoms with Crippen molar-refractivity contribution in [3.63, 3.8) is 0 Å². The average Bonchev–Trinajstić information content (AvgIpc) is 2.91. The van der Waals surface area contributed by atoms with Crippen LogP contribution in [0.5, 0.6) is 5.75 Å². The zero-order valence-corrected chi connectivity index (χ0v) is 11.7. The molecule has 0 spiro atoms. The number of benzene rings is 1. The van der Waals surface area contributed by atoms with Crippen LogP contribution in [0.25, 0.3) is 0 Å². The van der Waals surface area contributed by atoms with Crippen molar-refractivity contribution >= 4 is 17.5 Å². The summed E-state index contributed by atoms with van der Waals surface area (Å²) in [7, 11) is 0. The third kappa shape index (κ3) is 4.40. The van der Waals surface area contributed by atoms with Gasteiger partial charge in [0.15, 0.2) is 6.61 Å². The Labute approximate surface area is 118 Å². The van der Waals surface area contributed by atoms with E-state index >= 15 is 0 Å². The van der Waals surface area contributed by atoms with Gasteiger partial charge in [0.25, 0.3) is 5.91 Å². The van der Waals surface area contributed by atoms with Gasteiger partial charge in [-0.2, -0.15) is 0 Å². The van der Waals surface area contributed by atoms with Gasteiger partial charge in [-0.3, -0.25) is 4.79 Å². The van der Waals surface area contributed by atoms with Crippen LogP contribution in [-0.2, 0) is 9.53 Å². The first-order valence-electron chi connectivity index (χ1n) is 6.42. The van der Waals surface area contributed by atoms with Crippen LogP contribution in [0, 0.1) is 6.92 Å². The lowest BCUT2D eigenvalue weighted by molar-refractivity contribution is -0.123. The Morgan fingerprint density at radius 3 is 3.11 bits per heavy atom. The van der Waals surface area contributed by atoms with Crippen LogP contribution in [0.3, 0.4) is 0 Å². The van der Waals surface area contributed by atoms with Gasteiger partial charge in [0.1, 0.15) is 5.75 Å². The molecule has 1 heterocycles. The lowest BCUT2D eigenvalue weighted by Crippen LogP contribution is -2.35. The molecule has 0 radical (unpaired) electrons. The standard InChI is InChI=1S/C14H18ClNO3/c1-10-7-11(4-5-13(10)15)19-9-14(17)16-8-12-3-2-6-18-12/h4-5,7,12H,2-3,6,8-9H2,1H3,(H,16,17)/t12-/m0/s1. The fraction of sp³-hybridized carbons (Fsp3) is 0.500. The summed E-state index contributed by atoms with van der Waals surface area (Å²) < 4.78 is 10.8. The largest absolute Gasteiger partial charge is 0.484 e. The molecule has 1 aliphatic heterocycles. The average molecular weight is 284 g/mol. The Morgan fingerprint density at radius 1 is 1.58 bits per heavy atom. The van der Waals surface area contributed by atoms with Crippen molar-refractivity contribution in [1.29, 1.82) is 0 Å². The zero-order chi connectivity index (χ0) is 13.7. The molecule has 4 nitrogen and oxygen atoms in total. The van der Waals surface area contributed by atoms with E-state index in [1.165, 1.54) is 0 Å². The highest BCUT2D eigenvalue weighted by Gasteiger charge is 2.16. The Bertz CT molecular complexity index is 444. The maximum absolute atomic E-state index is 11.6. The Kier molecular flexibility index (Phi) is 5.05. The summed E-state index contributed by atoms with van der Waals surface area (Å²) in [5.74, 6) is 0.511. The molecule has 0 saturated carbocycles. The molecular formula is C14H18ClNO3. The molecule has 1 aromatic rings. The van der Waals surface area contributed by atoms with Crippen molar-refractivity contribution in [3.8, 4) is 5.75 Å². The van der Waals surface area contributed by atoms with E-state index in [9.17, 15) is 4.79 Å². The van der Waals surface area contributed by atoms with E-state index in [-0.39, 0.29) is 18.6 Å². The predicted molar refractivity (Wildman–Crippen MR) is 73.7 cm³/mol. The monoisotopic (exact) mass is 283 g/mol. The summed E-state index contributed by atoms with van der Waals surface area (Å²) in [5.41, 5.74) is 0.930. The molecule has 1 fully saturated rings. The summed E-state index contributed by atoms with van der Waals surface area (Å²) in [5, 5.41) is 3.50. The van der Waals surface area contributed by atoms with Crippen LogP contribution in [0.1, 0.15) is 18.4 Å². The number of hydrogen-bond donors (Lipinski definition) is 1. The second-order valence-corrected chi connectivity index (χ2v) is 5.05. The molecule has 0 aliphatic carbocycles. The number of hydrogen-bond acceptors (Lipinski definition) is 3. The van der Waals surface area contributed by atoms with Crippen molar-refractivity contribution in [2.45, 2.75) is 25.9 Å². The molecule has 2 rings (SSSR count). The van der Waals surface area contributed by atoms with Crippen LogP contribution in [0.4, 0.5) is 0 Å². The molecule has 5 heteroatoms. The lowest BCUT2D eigenvalue weighted by Gasteiger charge is -2.11. The summed E-state index contributed by atoms with van der Waals surface area (Å²) in [6.45, 7) is 3.25. The highest BCUT2D eigenvalue weighted by molar-refractivity contribution is 6.31. The van der Waals surface area contributed by atoms with Gasteiger partial charge < -0.3 is 14.8 Å². The number of carbonyl (C=O) groups is 1. The topological polar surface area (TPSA) is 47.6 Å². The van der Waals surface area contributed by atoms with Gasteiger partial charge in [0.05, 0.1) is 6.10 Å². The zero-order valence-electron chi connectivity index (χ0n) is 10.9. The first kappa shape index (κ1) is 14.2. The van der Waals surface area contributed by atoms with E-state index in [0.29, 0.717) is 17.3 Å². The first-order valence-corrected chi connectivity index (χ1v) is 6.80. The van der Waals surface area contributed by atoms with E-state index < -0.39 is 0 Å². The third-order valence-electron chi connectivity index (χ3n) is 3.05. The molecule has 104 valence electrons. The van der Waals surface area contributed by atoms with E-state index in [0.717, 1.165) is 25.0 Å². The molecule has 0 aromatic heterocycles. The van der Waals surface area contributed by atoms with Gasteiger partial charge in [0.2, 0.25) is 0 Å². The normalized spacial score (nSPS) is 18.3. The number of amides is 1. The highest BCUT2D eigenvalue weighted by Crippen LogP contribution is 2.20. The molecule has 19 heavy (non-hydrogen) atoms. The fourth-order valence-corrected chi connectivity index (χ4v) is 2.06. The summed E-state index contributed by atoms with van der Waals surface area (Å²) in [6.07, 6.45) is 2.24. The van der Waals surface area contributed by atoms with Gasteiger partial charge in [-0.1, -0.05) is 11.6 Å². The van der Waals surface area contributed by atoms with Crippen molar-refractivity contribution in [2.75, 3.05) is 19.8 Å². The molecule has 1 amide bonds. The van der Waals surface area contributed by atoms with Gasteiger partial charge in [0, 0.05) is 18.2 Å². The lowest BCUT2D eigenvalue weighted by atomic mass is 10.2. The molecular weight excluding hydrogens is 266 g/mol. The number of halogens is 1. The van der Waals surface area contributed by atoms with Crippen LogP contribution < -0.4 is 10.1 Å². The SMILES string of the molecule is Cc1cc(OCC(=O)NC[C@@H]2CCCO2)ccc1Cl. The Balaban J connectivity index is 1.71. The van der Waals surface area contributed by atoms with Crippen molar-refractivity contribution < 1.29 is 14.3 Å². The number of nitrogens with one attached hydrogen (secondary N) is 1. The van der Waals surface area contributed by atoms with Gasteiger partial charge in [-0.05, 0) is 43.5 Å². The quantitative estimate of drug-likeness (QED) is 0.902. The van der Waals surface area contributed by atoms with E-state index in [1.807, 2.05) is 13.0 Å². The predicted octanol–water partition coefficient (Wildman–Crippen LogP) is 2.32. The first-order chi connectivity index (χ1) is 9.15.